The highest BCUT2D eigenvalue weighted by atomic mass is 16.5. The van der Waals surface area contributed by atoms with E-state index < -0.39 is 0 Å². The summed E-state index contributed by atoms with van der Waals surface area (Å²) in [6.07, 6.45) is 4.22. The van der Waals surface area contributed by atoms with Gasteiger partial charge >= 0.3 is 0 Å². The molecule has 3 heterocycles. The van der Waals surface area contributed by atoms with Gasteiger partial charge in [-0.2, -0.15) is 0 Å². The van der Waals surface area contributed by atoms with Gasteiger partial charge in [-0.3, -0.25) is 9.78 Å². The minimum Gasteiger partial charge on any atom is -0.493 e. The van der Waals surface area contributed by atoms with Crippen molar-refractivity contribution in [1.29, 1.82) is 0 Å². The first kappa shape index (κ1) is 23.0. The van der Waals surface area contributed by atoms with Crippen molar-refractivity contribution in [2.75, 3.05) is 6.61 Å². The monoisotopic (exact) mass is 487 g/mol. The first-order valence-electron chi connectivity index (χ1n) is 12.7. The number of carbonyl (C=O) groups is 1. The summed E-state index contributed by atoms with van der Waals surface area (Å²) in [7, 11) is 0. The second-order valence-corrected chi connectivity index (χ2v) is 9.67. The minimum absolute atomic E-state index is 0.0788. The predicted molar refractivity (Wildman–Crippen MR) is 147 cm³/mol. The molecule has 5 nitrogen and oxygen atoms in total. The van der Waals surface area contributed by atoms with E-state index in [2.05, 4.69) is 83.3 Å². The van der Waals surface area contributed by atoms with Gasteiger partial charge in [-0.1, -0.05) is 54.6 Å². The van der Waals surface area contributed by atoms with Crippen molar-refractivity contribution in [3.63, 3.8) is 0 Å². The van der Waals surface area contributed by atoms with Gasteiger partial charge in [-0.25, -0.2) is 0 Å². The average molecular weight is 488 g/mol. The van der Waals surface area contributed by atoms with E-state index in [4.69, 9.17) is 4.74 Å². The van der Waals surface area contributed by atoms with Crippen molar-refractivity contribution < 1.29 is 9.53 Å². The molecule has 0 saturated heterocycles. The smallest absolute Gasteiger partial charge is 0.251 e. The van der Waals surface area contributed by atoms with Gasteiger partial charge in [-0.15, -0.1) is 0 Å². The molecule has 1 aliphatic rings. The van der Waals surface area contributed by atoms with Crippen LogP contribution in [0.25, 0.3) is 22.0 Å². The number of carbonyl (C=O) groups excluding carboxylic acids is 1. The van der Waals surface area contributed by atoms with Crippen molar-refractivity contribution in [3.8, 4) is 16.9 Å². The van der Waals surface area contributed by atoms with E-state index in [1.165, 1.54) is 27.9 Å². The van der Waals surface area contributed by atoms with Gasteiger partial charge in [0, 0.05) is 53.1 Å². The summed E-state index contributed by atoms with van der Waals surface area (Å²) >= 11 is 0. The van der Waals surface area contributed by atoms with Gasteiger partial charge in [0.1, 0.15) is 5.75 Å². The molecular formula is C32H29N3O2. The summed E-state index contributed by atoms with van der Waals surface area (Å²) in [6.45, 7) is 5.64. The summed E-state index contributed by atoms with van der Waals surface area (Å²) in [5, 5.41) is 4.30. The van der Waals surface area contributed by atoms with E-state index in [-0.39, 0.29) is 11.9 Å². The van der Waals surface area contributed by atoms with Crippen LogP contribution in [0.3, 0.4) is 0 Å². The molecule has 0 unspecified atom stereocenters. The number of rotatable bonds is 5. The molecule has 1 atom stereocenters. The van der Waals surface area contributed by atoms with E-state index in [9.17, 15) is 4.79 Å². The van der Waals surface area contributed by atoms with Gasteiger partial charge < -0.3 is 14.6 Å². The summed E-state index contributed by atoms with van der Waals surface area (Å²) in [5.74, 6) is 0.715. The van der Waals surface area contributed by atoms with Crippen molar-refractivity contribution in [2.45, 2.75) is 32.9 Å². The van der Waals surface area contributed by atoms with E-state index >= 15 is 0 Å². The Kier molecular flexibility index (Phi) is 5.97. The fraction of sp³-hybridized carbons (Fsp3) is 0.188. The van der Waals surface area contributed by atoms with Gasteiger partial charge in [-0.05, 0) is 60.4 Å². The largest absolute Gasteiger partial charge is 0.493 e. The molecule has 6 rings (SSSR count). The number of nitrogens with zero attached hydrogens (tertiary/aromatic N) is 2. The highest BCUT2D eigenvalue weighted by Crippen LogP contribution is 2.32. The quantitative estimate of drug-likeness (QED) is 0.303. The molecule has 0 spiro atoms. The number of hydrogen-bond acceptors (Lipinski definition) is 3. The van der Waals surface area contributed by atoms with E-state index in [1.807, 2.05) is 24.3 Å². The fourth-order valence-electron chi connectivity index (χ4n) is 5.23. The number of ether oxygens (including phenoxy) is 1. The summed E-state index contributed by atoms with van der Waals surface area (Å²) < 4.78 is 8.05. The molecule has 5 aromatic rings. The Morgan fingerprint density at radius 1 is 1.00 bits per heavy atom. The maximum atomic E-state index is 13.2. The van der Waals surface area contributed by atoms with Crippen molar-refractivity contribution in [2.24, 2.45) is 0 Å². The highest BCUT2D eigenvalue weighted by molar-refractivity contribution is 5.99. The fourth-order valence-corrected chi connectivity index (χ4v) is 5.23. The Hall–Kier alpha value is -4.38. The number of benzene rings is 3. The third-order valence-electron chi connectivity index (χ3n) is 7.46. The Morgan fingerprint density at radius 2 is 1.78 bits per heavy atom. The Bertz CT molecular complexity index is 1590. The topological polar surface area (TPSA) is 56.2 Å². The number of aryl methyl sites for hydroxylation is 1. The molecule has 0 saturated carbocycles. The van der Waals surface area contributed by atoms with Crippen LogP contribution < -0.4 is 10.1 Å². The van der Waals surface area contributed by atoms with Gasteiger partial charge in [0.15, 0.2) is 0 Å². The summed E-state index contributed by atoms with van der Waals surface area (Å²) in [4.78, 5) is 17.4. The van der Waals surface area contributed by atoms with Gasteiger partial charge in [0.25, 0.3) is 5.91 Å². The van der Waals surface area contributed by atoms with Crippen LogP contribution in [0.1, 0.15) is 45.2 Å². The van der Waals surface area contributed by atoms with Gasteiger partial charge in [0.2, 0.25) is 0 Å². The van der Waals surface area contributed by atoms with Crippen molar-refractivity contribution in [1.82, 2.24) is 14.9 Å². The number of fused-ring (bicyclic) bond motifs is 2. The molecule has 5 heteroatoms. The van der Waals surface area contributed by atoms with E-state index in [1.54, 1.807) is 12.4 Å². The van der Waals surface area contributed by atoms with Crippen molar-refractivity contribution >= 4 is 16.8 Å². The Balaban J connectivity index is 1.25. The number of nitrogens with one attached hydrogen (secondary N) is 1. The number of hydrogen-bond donors (Lipinski definition) is 1. The molecule has 1 amide bonds. The van der Waals surface area contributed by atoms with Crippen LogP contribution in [0.5, 0.6) is 5.75 Å². The lowest BCUT2D eigenvalue weighted by molar-refractivity contribution is 0.0925. The Labute approximate surface area is 216 Å². The lowest BCUT2D eigenvalue weighted by atomic mass is 10.0. The number of pyridine rings is 1. The SMILES string of the molecule is Cc1c(C)n(Cc2ccc(-c3ccccc3)cc2)c2ccc(C(=O)N[C@H]3CCOc4ccncc43)cc12. The summed E-state index contributed by atoms with van der Waals surface area (Å²) in [5.41, 5.74) is 8.83. The minimum atomic E-state index is -0.105. The second kappa shape index (κ2) is 9.58. The predicted octanol–water partition coefficient (Wildman–Crippen LogP) is 6.62. The lowest BCUT2D eigenvalue weighted by Crippen LogP contribution is -2.32. The van der Waals surface area contributed by atoms with Crippen LogP contribution in [0.4, 0.5) is 0 Å². The normalized spacial score (nSPS) is 14.7. The zero-order valence-electron chi connectivity index (χ0n) is 21.1. The van der Waals surface area contributed by atoms with Crippen LogP contribution in [0, 0.1) is 13.8 Å². The molecular weight excluding hydrogens is 458 g/mol. The molecule has 1 aliphatic heterocycles. The third kappa shape index (κ3) is 4.38. The zero-order valence-corrected chi connectivity index (χ0v) is 21.1. The maximum Gasteiger partial charge on any atom is 0.251 e. The molecule has 1 N–H and O–H groups in total. The molecule has 3 aromatic carbocycles. The highest BCUT2D eigenvalue weighted by Gasteiger charge is 2.24. The number of aromatic nitrogens is 2. The van der Waals surface area contributed by atoms with Crippen LogP contribution in [0.2, 0.25) is 0 Å². The van der Waals surface area contributed by atoms with Crippen LogP contribution >= 0.6 is 0 Å². The summed E-state index contributed by atoms with van der Waals surface area (Å²) in [6, 6.07) is 27.0. The molecule has 0 radical (unpaired) electrons. The maximum absolute atomic E-state index is 13.2. The van der Waals surface area contributed by atoms with Crippen molar-refractivity contribution in [3.05, 3.63) is 119 Å². The van der Waals surface area contributed by atoms with E-state index in [0.717, 1.165) is 35.2 Å². The molecule has 0 bridgehead atoms. The average Bonchev–Trinajstić information content (AvgIpc) is 3.18. The van der Waals surface area contributed by atoms with Crippen LogP contribution in [0.15, 0.2) is 91.3 Å². The lowest BCUT2D eigenvalue weighted by Gasteiger charge is -2.26. The molecule has 0 aliphatic carbocycles. The van der Waals surface area contributed by atoms with Crippen LogP contribution in [-0.4, -0.2) is 22.1 Å². The molecule has 2 aromatic heterocycles. The number of amides is 1. The Morgan fingerprint density at radius 3 is 2.59 bits per heavy atom. The molecule has 37 heavy (non-hydrogen) atoms. The first-order valence-corrected chi connectivity index (χ1v) is 12.7. The zero-order chi connectivity index (χ0) is 25.4. The second-order valence-electron chi connectivity index (χ2n) is 9.67. The van der Waals surface area contributed by atoms with E-state index in [0.29, 0.717) is 12.2 Å². The van der Waals surface area contributed by atoms with Crippen LogP contribution in [-0.2, 0) is 6.54 Å². The first-order chi connectivity index (χ1) is 18.1. The molecule has 0 fully saturated rings. The third-order valence-corrected chi connectivity index (χ3v) is 7.46. The van der Waals surface area contributed by atoms with Gasteiger partial charge in [0.05, 0.1) is 12.6 Å². The molecule has 184 valence electrons. The standard InChI is InChI=1S/C32H29N3O2/c1-21-22(2)35(20-23-8-10-25(11-9-23)24-6-4-3-5-7-24)30-13-12-26(18-27(21)30)32(36)34-29-15-17-37-31-14-16-33-19-28(29)31/h3-14,16,18-19,29H,15,17,20H2,1-2H3,(H,34,36)/t29-/m0/s1.